The molecule has 0 bridgehead atoms. The van der Waals surface area contributed by atoms with E-state index >= 15 is 0 Å². The van der Waals surface area contributed by atoms with E-state index in [1.54, 1.807) is 0 Å². The van der Waals surface area contributed by atoms with Crippen molar-refractivity contribution in [3.05, 3.63) is 106 Å². The van der Waals surface area contributed by atoms with Gasteiger partial charge in [-0.2, -0.15) is 0 Å². The SMILES string of the molecule is Brc1ccc(-c2[nH]c3ccccc3c2-c2c(-c3ccc(Br)cc3)[nH]c3ccccc23)cc1. The number of hydrogen-bond donors (Lipinski definition) is 2. The van der Waals surface area contributed by atoms with E-state index in [-0.39, 0.29) is 0 Å². The third-order valence-electron chi connectivity index (χ3n) is 5.93. The first-order valence-electron chi connectivity index (χ1n) is 10.4. The van der Waals surface area contributed by atoms with Crippen LogP contribution in [-0.2, 0) is 0 Å². The van der Waals surface area contributed by atoms with Gasteiger partial charge in [-0.3, -0.25) is 0 Å². The molecule has 2 N–H and O–H groups in total. The molecular formula is C28H18Br2N2. The quantitative estimate of drug-likeness (QED) is 0.224. The lowest BCUT2D eigenvalue weighted by molar-refractivity contribution is 1.43. The van der Waals surface area contributed by atoms with Gasteiger partial charge in [-0.15, -0.1) is 0 Å². The third kappa shape index (κ3) is 3.22. The Balaban J connectivity index is 1.74. The molecule has 4 aromatic carbocycles. The van der Waals surface area contributed by atoms with Gasteiger partial charge in [0.05, 0.1) is 11.4 Å². The van der Waals surface area contributed by atoms with Gasteiger partial charge in [-0.05, 0) is 47.5 Å². The van der Waals surface area contributed by atoms with Crippen LogP contribution in [0.2, 0.25) is 0 Å². The van der Waals surface area contributed by atoms with Gasteiger partial charge in [-0.1, -0.05) is 92.5 Å². The number of hydrogen-bond acceptors (Lipinski definition) is 0. The Hall–Kier alpha value is -3.08. The molecule has 0 aliphatic rings. The molecule has 2 aromatic heterocycles. The van der Waals surface area contributed by atoms with Crippen molar-refractivity contribution < 1.29 is 0 Å². The van der Waals surface area contributed by atoms with E-state index in [9.17, 15) is 0 Å². The van der Waals surface area contributed by atoms with Gasteiger partial charge in [0.2, 0.25) is 0 Å². The lowest BCUT2D eigenvalue weighted by Crippen LogP contribution is -1.86. The summed E-state index contributed by atoms with van der Waals surface area (Å²) >= 11 is 7.14. The normalized spacial score (nSPS) is 11.4. The average molecular weight is 542 g/mol. The molecule has 0 unspecified atom stereocenters. The van der Waals surface area contributed by atoms with Gasteiger partial charge in [0.1, 0.15) is 0 Å². The Bertz CT molecular complexity index is 1450. The highest BCUT2D eigenvalue weighted by atomic mass is 79.9. The van der Waals surface area contributed by atoms with Gasteiger partial charge in [-0.25, -0.2) is 0 Å². The minimum Gasteiger partial charge on any atom is -0.354 e. The van der Waals surface area contributed by atoms with Gasteiger partial charge in [0, 0.05) is 41.9 Å². The molecule has 0 aliphatic heterocycles. The number of aromatic amines is 2. The van der Waals surface area contributed by atoms with E-state index in [2.05, 4.69) is 139 Å². The highest BCUT2D eigenvalue weighted by Crippen LogP contribution is 2.46. The molecule has 0 amide bonds. The van der Waals surface area contributed by atoms with E-state index in [1.807, 2.05) is 0 Å². The van der Waals surface area contributed by atoms with Crippen molar-refractivity contribution in [1.82, 2.24) is 9.97 Å². The zero-order valence-electron chi connectivity index (χ0n) is 17.0. The molecule has 0 spiro atoms. The number of benzene rings is 4. The Kier molecular flexibility index (Phi) is 4.78. The lowest BCUT2D eigenvalue weighted by atomic mass is 9.94. The molecule has 4 heteroatoms. The minimum absolute atomic E-state index is 1.07. The van der Waals surface area contributed by atoms with Crippen molar-refractivity contribution in [2.45, 2.75) is 0 Å². The number of fused-ring (bicyclic) bond motifs is 2. The first-order valence-corrected chi connectivity index (χ1v) is 12.0. The van der Waals surface area contributed by atoms with Crippen molar-refractivity contribution in [1.29, 1.82) is 0 Å². The fraction of sp³-hybridized carbons (Fsp3) is 0. The highest BCUT2D eigenvalue weighted by molar-refractivity contribution is 9.10. The van der Waals surface area contributed by atoms with Crippen LogP contribution in [-0.4, -0.2) is 9.97 Å². The van der Waals surface area contributed by atoms with E-state index in [4.69, 9.17) is 0 Å². The summed E-state index contributed by atoms with van der Waals surface area (Å²) < 4.78 is 2.14. The molecule has 0 aliphatic carbocycles. The predicted octanol–water partition coefficient (Wildman–Crippen LogP) is 9.18. The van der Waals surface area contributed by atoms with E-state index in [1.165, 1.54) is 21.9 Å². The van der Waals surface area contributed by atoms with Crippen LogP contribution in [0.15, 0.2) is 106 Å². The summed E-state index contributed by atoms with van der Waals surface area (Å²) in [6.45, 7) is 0. The Morgan fingerprint density at radius 2 is 0.812 bits per heavy atom. The third-order valence-corrected chi connectivity index (χ3v) is 6.99. The molecule has 6 aromatic rings. The number of nitrogens with one attached hydrogen (secondary N) is 2. The first kappa shape index (κ1) is 19.6. The van der Waals surface area contributed by atoms with Crippen LogP contribution < -0.4 is 0 Å². The number of rotatable bonds is 3. The van der Waals surface area contributed by atoms with Crippen molar-refractivity contribution >= 4 is 53.7 Å². The summed E-state index contributed by atoms with van der Waals surface area (Å²) in [4.78, 5) is 7.41. The second-order valence-electron chi connectivity index (χ2n) is 7.85. The zero-order valence-corrected chi connectivity index (χ0v) is 20.2. The van der Waals surface area contributed by atoms with Crippen LogP contribution in [0.1, 0.15) is 0 Å². The van der Waals surface area contributed by atoms with Crippen molar-refractivity contribution in [3.8, 4) is 33.6 Å². The topological polar surface area (TPSA) is 31.6 Å². The molecule has 32 heavy (non-hydrogen) atoms. The van der Waals surface area contributed by atoms with Crippen LogP contribution in [0.25, 0.3) is 55.4 Å². The molecule has 2 heterocycles. The number of halogens is 2. The summed E-state index contributed by atoms with van der Waals surface area (Å²) in [7, 11) is 0. The standard InChI is InChI=1S/C28H18Br2N2/c29-19-13-9-17(10-14-19)27-25(21-5-1-3-7-23(21)31-27)26-22-6-2-4-8-24(22)32-28(26)18-11-15-20(30)16-12-18/h1-16,31-32H. The number of para-hydroxylation sites is 2. The zero-order chi connectivity index (χ0) is 21.7. The highest BCUT2D eigenvalue weighted by Gasteiger charge is 2.22. The van der Waals surface area contributed by atoms with Gasteiger partial charge < -0.3 is 9.97 Å². The fourth-order valence-electron chi connectivity index (χ4n) is 4.47. The molecule has 6 rings (SSSR count). The van der Waals surface area contributed by atoms with Gasteiger partial charge >= 0.3 is 0 Å². The fourth-order valence-corrected chi connectivity index (χ4v) is 5.00. The van der Waals surface area contributed by atoms with Crippen molar-refractivity contribution in [3.63, 3.8) is 0 Å². The van der Waals surface area contributed by atoms with E-state index in [0.717, 1.165) is 42.5 Å². The lowest BCUT2D eigenvalue weighted by Gasteiger charge is -2.09. The molecule has 2 nitrogen and oxygen atoms in total. The smallest absolute Gasteiger partial charge is 0.0545 e. The molecule has 0 fully saturated rings. The van der Waals surface area contributed by atoms with Crippen molar-refractivity contribution in [2.75, 3.05) is 0 Å². The molecular weight excluding hydrogens is 524 g/mol. The largest absolute Gasteiger partial charge is 0.354 e. The number of aromatic nitrogens is 2. The molecule has 0 atom stereocenters. The summed E-state index contributed by atoms with van der Waals surface area (Å²) in [5, 5.41) is 2.43. The Labute approximate surface area is 202 Å². The molecule has 154 valence electrons. The monoisotopic (exact) mass is 540 g/mol. The van der Waals surface area contributed by atoms with Crippen molar-refractivity contribution in [2.24, 2.45) is 0 Å². The Morgan fingerprint density at radius 1 is 0.438 bits per heavy atom. The maximum Gasteiger partial charge on any atom is 0.0545 e. The molecule has 0 radical (unpaired) electrons. The van der Waals surface area contributed by atoms with Crippen LogP contribution in [0.3, 0.4) is 0 Å². The summed E-state index contributed by atoms with van der Waals surface area (Å²) in [6.07, 6.45) is 0. The van der Waals surface area contributed by atoms with Gasteiger partial charge in [0.15, 0.2) is 0 Å². The summed E-state index contributed by atoms with van der Waals surface area (Å²) in [6, 6.07) is 34.1. The van der Waals surface area contributed by atoms with Crippen LogP contribution in [0.5, 0.6) is 0 Å². The predicted molar refractivity (Wildman–Crippen MR) is 142 cm³/mol. The number of H-pyrrole nitrogens is 2. The van der Waals surface area contributed by atoms with Crippen LogP contribution >= 0.6 is 31.9 Å². The molecule has 0 saturated carbocycles. The summed E-state index contributed by atoms with van der Waals surface area (Å²) in [5.41, 5.74) is 9.28. The Morgan fingerprint density at radius 3 is 1.22 bits per heavy atom. The first-order chi connectivity index (χ1) is 15.7. The average Bonchev–Trinajstić information content (AvgIpc) is 3.38. The maximum atomic E-state index is 3.70. The van der Waals surface area contributed by atoms with Crippen LogP contribution in [0, 0.1) is 0 Å². The molecule has 0 saturated heterocycles. The second kappa shape index (κ2) is 7.80. The minimum atomic E-state index is 1.07. The summed E-state index contributed by atoms with van der Waals surface area (Å²) in [5.74, 6) is 0. The second-order valence-corrected chi connectivity index (χ2v) is 9.69. The maximum absolute atomic E-state index is 3.70. The van der Waals surface area contributed by atoms with E-state index in [0.29, 0.717) is 0 Å². The van der Waals surface area contributed by atoms with Crippen LogP contribution in [0.4, 0.5) is 0 Å². The van der Waals surface area contributed by atoms with Gasteiger partial charge in [0.25, 0.3) is 0 Å². The van der Waals surface area contributed by atoms with E-state index < -0.39 is 0 Å².